The number of sulfonamides is 1. The average Bonchev–Trinajstić information content (AvgIpc) is 2.81. The zero-order chi connectivity index (χ0) is 23.4. The number of nitrogens with zero attached hydrogens (tertiary/aromatic N) is 4. The van der Waals surface area contributed by atoms with Crippen molar-refractivity contribution < 1.29 is 18.0 Å². The van der Waals surface area contributed by atoms with Crippen molar-refractivity contribution in [1.82, 2.24) is 14.2 Å². The van der Waals surface area contributed by atoms with E-state index in [1.54, 1.807) is 12.1 Å². The largest absolute Gasteiger partial charge is 0.321 e. The number of benzene rings is 2. The van der Waals surface area contributed by atoms with Crippen LogP contribution in [0.25, 0.3) is 0 Å². The molecule has 1 N–H and O–H groups in total. The minimum Gasteiger partial charge on any atom is -0.321 e. The van der Waals surface area contributed by atoms with Gasteiger partial charge in [-0.05, 0) is 30.8 Å². The SMILES string of the molecule is CN1CCN(S(=O)(=O)c2cccc(NC(=O)C3=NN(Cc4ccccc4)C(=O)CC3)c2)CC1. The molecule has 0 unspecified atom stereocenters. The van der Waals surface area contributed by atoms with E-state index in [0.717, 1.165) is 5.56 Å². The summed E-state index contributed by atoms with van der Waals surface area (Å²) in [4.78, 5) is 27.3. The summed E-state index contributed by atoms with van der Waals surface area (Å²) in [5.41, 5.74) is 1.51. The van der Waals surface area contributed by atoms with Crippen LogP contribution in [0.1, 0.15) is 18.4 Å². The van der Waals surface area contributed by atoms with Gasteiger partial charge in [0, 0.05) is 44.7 Å². The molecule has 0 saturated carbocycles. The Bertz CT molecular complexity index is 1160. The van der Waals surface area contributed by atoms with E-state index in [-0.39, 0.29) is 35.9 Å². The molecule has 2 aliphatic heterocycles. The minimum absolute atomic E-state index is 0.135. The molecule has 2 aliphatic rings. The minimum atomic E-state index is -3.65. The Hall–Kier alpha value is -3.08. The Morgan fingerprint density at radius 2 is 1.73 bits per heavy atom. The maximum Gasteiger partial charge on any atom is 0.271 e. The summed E-state index contributed by atoms with van der Waals surface area (Å²) in [6, 6.07) is 15.7. The van der Waals surface area contributed by atoms with Crippen molar-refractivity contribution in [3.8, 4) is 0 Å². The number of hydrogen-bond acceptors (Lipinski definition) is 6. The second kappa shape index (κ2) is 9.82. The number of likely N-dealkylation sites (N-methyl/N-ethyl adjacent to an activating group) is 1. The van der Waals surface area contributed by atoms with Crippen LogP contribution in [0.15, 0.2) is 64.6 Å². The molecular formula is C23H27N5O4S. The Morgan fingerprint density at radius 1 is 1.00 bits per heavy atom. The van der Waals surface area contributed by atoms with E-state index in [0.29, 0.717) is 31.9 Å². The maximum absolute atomic E-state index is 13.0. The van der Waals surface area contributed by atoms with E-state index in [1.807, 2.05) is 37.4 Å². The summed E-state index contributed by atoms with van der Waals surface area (Å²) in [6.45, 7) is 2.49. The van der Waals surface area contributed by atoms with Gasteiger partial charge in [0.25, 0.3) is 5.91 Å². The van der Waals surface area contributed by atoms with Crippen molar-refractivity contribution in [2.24, 2.45) is 5.10 Å². The lowest BCUT2D eigenvalue weighted by atomic mass is 10.1. The lowest BCUT2D eigenvalue weighted by molar-refractivity contribution is -0.132. The van der Waals surface area contributed by atoms with Gasteiger partial charge in [-0.3, -0.25) is 9.59 Å². The smallest absolute Gasteiger partial charge is 0.271 e. The van der Waals surface area contributed by atoms with Gasteiger partial charge in [0.15, 0.2) is 0 Å². The first-order valence-corrected chi connectivity index (χ1v) is 12.3. The van der Waals surface area contributed by atoms with Crippen LogP contribution in [0, 0.1) is 0 Å². The molecule has 0 atom stereocenters. The number of anilines is 1. The fraction of sp³-hybridized carbons (Fsp3) is 0.348. The number of hydrazone groups is 1. The third kappa shape index (κ3) is 5.47. The summed E-state index contributed by atoms with van der Waals surface area (Å²) in [5.74, 6) is -0.592. The van der Waals surface area contributed by atoms with Crippen LogP contribution in [0.2, 0.25) is 0 Å². The first kappa shape index (κ1) is 23.1. The van der Waals surface area contributed by atoms with Gasteiger partial charge in [-0.15, -0.1) is 0 Å². The number of amides is 2. The van der Waals surface area contributed by atoms with Crippen molar-refractivity contribution >= 4 is 33.2 Å². The molecule has 2 aromatic carbocycles. The highest BCUT2D eigenvalue weighted by atomic mass is 32.2. The average molecular weight is 470 g/mol. The van der Waals surface area contributed by atoms with Crippen LogP contribution >= 0.6 is 0 Å². The summed E-state index contributed by atoms with van der Waals surface area (Å²) >= 11 is 0. The van der Waals surface area contributed by atoms with E-state index in [1.165, 1.54) is 21.4 Å². The number of nitrogens with one attached hydrogen (secondary N) is 1. The highest BCUT2D eigenvalue weighted by Gasteiger charge is 2.28. The lowest BCUT2D eigenvalue weighted by Gasteiger charge is -2.31. The molecule has 0 bridgehead atoms. The molecule has 0 spiro atoms. The van der Waals surface area contributed by atoms with Crippen LogP contribution in [0.4, 0.5) is 5.69 Å². The first-order chi connectivity index (χ1) is 15.8. The number of carbonyl (C=O) groups excluding carboxylic acids is 2. The molecule has 2 amide bonds. The molecule has 1 fully saturated rings. The third-order valence-corrected chi connectivity index (χ3v) is 7.63. The summed E-state index contributed by atoms with van der Waals surface area (Å²) < 4.78 is 27.5. The standard InChI is InChI=1S/C23H27N5O4S/c1-26-12-14-27(15-13-26)33(31,32)20-9-5-8-19(16-20)24-23(30)21-10-11-22(29)28(25-21)17-18-6-3-2-4-7-18/h2-9,16H,10-15,17H2,1H3,(H,24,30). The molecule has 33 heavy (non-hydrogen) atoms. The molecule has 0 aromatic heterocycles. The zero-order valence-electron chi connectivity index (χ0n) is 18.5. The topological polar surface area (TPSA) is 102 Å². The number of hydrogen-bond donors (Lipinski definition) is 1. The highest BCUT2D eigenvalue weighted by molar-refractivity contribution is 7.89. The Labute approximate surface area is 193 Å². The van der Waals surface area contributed by atoms with Gasteiger partial charge in [-0.25, -0.2) is 13.4 Å². The molecule has 0 radical (unpaired) electrons. The predicted molar refractivity (Wildman–Crippen MR) is 125 cm³/mol. The van der Waals surface area contributed by atoms with Gasteiger partial charge >= 0.3 is 0 Å². The van der Waals surface area contributed by atoms with Crippen LogP contribution in [0.3, 0.4) is 0 Å². The molecule has 9 nitrogen and oxygen atoms in total. The zero-order valence-corrected chi connectivity index (χ0v) is 19.3. The molecule has 174 valence electrons. The highest BCUT2D eigenvalue weighted by Crippen LogP contribution is 2.21. The molecule has 1 saturated heterocycles. The van der Waals surface area contributed by atoms with Crippen LogP contribution < -0.4 is 5.32 Å². The Kier molecular flexibility index (Phi) is 6.87. The number of carbonyl (C=O) groups is 2. The molecular weight excluding hydrogens is 442 g/mol. The van der Waals surface area contributed by atoms with Crippen molar-refractivity contribution in [1.29, 1.82) is 0 Å². The summed E-state index contributed by atoms with van der Waals surface area (Å²) in [5, 5.41) is 8.31. The quantitative estimate of drug-likeness (QED) is 0.694. The van der Waals surface area contributed by atoms with Crippen molar-refractivity contribution in [3.63, 3.8) is 0 Å². The fourth-order valence-corrected chi connectivity index (χ4v) is 5.23. The van der Waals surface area contributed by atoms with E-state index in [4.69, 9.17) is 0 Å². The van der Waals surface area contributed by atoms with Crippen LogP contribution in [0.5, 0.6) is 0 Å². The Morgan fingerprint density at radius 3 is 2.45 bits per heavy atom. The monoisotopic (exact) mass is 469 g/mol. The van der Waals surface area contributed by atoms with Gasteiger partial charge in [-0.2, -0.15) is 9.41 Å². The van der Waals surface area contributed by atoms with Crippen molar-refractivity contribution in [2.45, 2.75) is 24.3 Å². The summed E-state index contributed by atoms with van der Waals surface area (Å²) in [7, 11) is -1.69. The first-order valence-electron chi connectivity index (χ1n) is 10.8. The molecule has 2 aromatic rings. The Balaban J connectivity index is 1.47. The van der Waals surface area contributed by atoms with E-state index in [2.05, 4.69) is 15.3 Å². The van der Waals surface area contributed by atoms with Crippen LogP contribution in [-0.2, 0) is 26.2 Å². The number of piperazine rings is 1. The van der Waals surface area contributed by atoms with Gasteiger partial charge in [-0.1, -0.05) is 36.4 Å². The predicted octanol–water partition coefficient (Wildman–Crippen LogP) is 1.74. The second-order valence-electron chi connectivity index (χ2n) is 8.17. The van der Waals surface area contributed by atoms with Crippen LogP contribution in [-0.4, -0.2) is 73.4 Å². The number of rotatable bonds is 6. The maximum atomic E-state index is 13.0. The second-order valence-corrected chi connectivity index (χ2v) is 10.1. The third-order valence-electron chi connectivity index (χ3n) is 5.73. The normalized spacial score (nSPS) is 18.2. The fourth-order valence-electron chi connectivity index (χ4n) is 3.76. The van der Waals surface area contributed by atoms with E-state index >= 15 is 0 Å². The van der Waals surface area contributed by atoms with Gasteiger partial charge in [0.2, 0.25) is 15.9 Å². The molecule has 0 aliphatic carbocycles. The van der Waals surface area contributed by atoms with E-state index < -0.39 is 15.9 Å². The van der Waals surface area contributed by atoms with Gasteiger partial charge in [0.05, 0.1) is 11.4 Å². The molecule has 4 rings (SSSR count). The van der Waals surface area contributed by atoms with Gasteiger partial charge < -0.3 is 10.2 Å². The molecule has 10 heteroatoms. The lowest BCUT2D eigenvalue weighted by Crippen LogP contribution is -2.47. The van der Waals surface area contributed by atoms with Crippen molar-refractivity contribution in [3.05, 3.63) is 60.2 Å². The summed E-state index contributed by atoms with van der Waals surface area (Å²) in [6.07, 6.45) is 0.423. The molecule has 2 heterocycles. The van der Waals surface area contributed by atoms with Crippen molar-refractivity contribution in [2.75, 3.05) is 38.5 Å². The van der Waals surface area contributed by atoms with E-state index in [9.17, 15) is 18.0 Å². The van der Waals surface area contributed by atoms with Gasteiger partial charge in [0.1, 0.15) is 5.71 Å².